The Morgan fingerprint density at radius 2 is 1.95 bits per heavy atom. The molecule has 4 rings (SSSR count). The summed E-state index contributed by atoms with van der Waals surface area (Å²) in [7, 11) is 0. The monoisotopic (exact) mass is 293 g/mol. The third-order valence-electron chi connectivity index (χ3n) is 4.04. The maximum Gasteiger partial charge on any atom is 0.363 e. The quantitative estimate of drug-likeness (QED) is 0.639. The summed E-state index contributed by atoms with van der Waals surface area (Å²) in [6.45, 7) is 2.20. The molecule has 0 radical (unpaired) electrons. The first-order valence-electron chi connectivity index (χ1n) is 7.38. The smallest absolute Gasteiger partial charge is 0.363 e. The molecule has 0 N–H and O–H groups in total. The van der Waals surface area contributed by atoms with Crippen LogP contribution in [0, 0.1) is 5.92 Å². The summed E-state index contributed by atoms with van der Waals surface area (Å²) >= 11 is 0. The van der Waals surface area contributed by atoms with Crippen molar-refractivity contribution in [2.24, 2.45) is 10.9 Å². The van der Waals surface area contributed by atoms with Crippen LogP contribution >= 0.6 is 0 Å². The number of hydrogen-bond donors (Lipinski definition) is 0. The molecule has 1 fully saturated rings. The van der Waals surface area contributed by atoms with Gasteiger partial charge in [-0.3, -0.25) is 0 Å². The van der Waals surface area contributed by atoms with Gasteiger partial charge in [0.05, 0.1) is 0 Å². The predicted molar refractivity (Wildman–Crippen MR) is 82.3 cm³/mol. The number of ether oxygens (including phenoxy) is 1. The van der Waals surface area contributed by atoms with Crippen LogP contribution in [0.5, 0.6) is 0 Å². The predicted octanol–water partition coefficient (Wildman–Crippen LogP) is 3.75. The number of furan rings is 1. The summed E-state index contributed by atoms with van der Waals surface area (Å²) in [5.41, 5.74) is 1.05. The highest BCUT2D eigenvalue weighted by molar-refractivity contribution is 6.12. The van der Waals surface area contributed by atoms with Gasteiger partial charge in [0.2, 0.25) is 5.90 Å². The zero-order valence-electron chi connectivity index (χ0n) is 12.2. The average molecular weight is 293 g/mol. The van der Waals surface area contributed by atoms with Crippen molar-refractivity contribution >= 4 is 17.9 Å². The molecule has 4 nitrogen and oxygen atoms in total. The van der Waals surface area contributed by atoms with E-state index in [1.165, 1.54) is 6.42 Å². The molecule has 2 heterocycles. The van der Waals surface area contributed by atoms with Gasteiger partial charge < -0.3 is 9.15 Å². The van der Waals surface area contributed by atoms with Gasteiger partial charge in [-0.05, 0) is 36.6 Å². The van der Waals surface area contributed by atoms with Gasteiger partial charge in [0, 0.05) is 17.6 Å². The van der Waals surface area contributed by atoms with Gasteiger partial charge in [-0.15, -0.1) is 0 Å². The summed E-state index contributed by atoms with van der Waals surface area (Å²) in [6, 6.07) is 13.2. The number of aliphatic imine (C=N–C) groups is 1. The van der Waals surface area contributed by atoms with E-state index in [1.54, 1.807) is 6.08 Å². The number of carbonyl (C=O) groups is 1. The number of benzene rings is 1. The number of hydrogen-bond acceptors (Lipinski definition) is 4. The Morgan fingerprint density at radius 3 is 2.68 bits per heavy atom. The number of cyclic esters (lactones) is 1. The summed E-state index contributed by atoms with van der Waals surface area (Å²) in [5, 5.41) is 0. The van der Waals surface area contributed by atoms with E-state index in [4.69, 9.17) is 9.15 Å². The minimum absolute atomic E-state index is 0.267. The highest BCUT2D eigenvalue weighted by atomic mass is 16.6. The first-order chi connectivity index (χ1) is 10.7. The van der Waals surface area contributed by atoms with E-state index < -0.39 is 5.97 Å². The molecule has 1 aromatic carbocycles. The van der Waals surface area contributed by atoms with Gasteiger partial charge in [0.1, 0.15) is 11.5 Å². The van der Waals surface area contributed by atoms with Crippen molar-refractivity contribution in [3.05, 3.63) is 65.2 Å². The van der Waals surface area contributed by atoms with Crippen molar-refractivity contribution < 1.29 is 13.9 Å². The maximum atomic E-state index is 11.9. The second kappa shape index (κ2) is 4.98. The number of rotatable bonds is 3. The van der Waals surface area contributed by atoms with E-state index in [1.807, 2.05) is 42.5 Å². The van der Waals surface area contributed by atoms with Crippen LogP contribution in [-0.4, -0.2) is 11.9 Å². The van der Waals surface area contributed by atoms with Crippen molar-refractivity contribution in [1.82, 2.24) is 0 Å². The highest BCUT2D eigenvalue weighted by Gasteiger charge is 2.36. The van der Waals surface area contributed by atoms with Crippen molar-refractivity contribution in [2.45, 2.75) is 19.3 Å². The summed E-state index contributed by atoms with van der Waals surface area (Å²) in [6.07, 6.45) is 2.80. The lowest BCUT2D eigenvalue weighted by Crippen LogP contribution is -2.04. The molecule has 0 amide bonds. The summed E-state index contributed by atoms with van der Waals surface area (Å²) in [5.74, 6) is 2.71. The van der Waals surface area contributed by atoms with Crippen molar-refractivity contribution in [1.29, 1.82) is 0 Å². The number of nitrogens with zero attached hydrogens (tertiary/aromatic N) is 1. The molecule has 2 aromatic rings. The van der Waals surface area contributed by atoms with Gasteiger partial charge in [0.15, 0.2) is 5.70 Å². The van der Waals surface area contributed by atoms with E-state index in [9.17, 15) is 4.79 Å². The molecule has 2 atom stereocenters. The molecule has 0 bridgehead atoms. The first-order valence-corrected chi connectivity index (χ1v) is 7.38. The van der Waals surface area contributed by atoms with E-state index in [2.05, 4.69) is 11.9 Å². The average Bonchev–Trinajstić information content (AvgIpc) is 2.94. The highest BCUT2D eigenvalue weighted by Crippen LogP contribution is 2.47. The van der Waals surface area contributed by atoms with Crippen LogP contribution in [0.1, 0.15) is 36.3 Å². The number of esters is 1. The van der Waals surface area contributed by atoms with Crippen LogP contribution in [0.25, 0.3) is 6.08 Å². The lowest BCUT2D eigenvalue weighted by molar-refractivity contribution is -0.129. The minimum atomic E-state index is -0.448. The van der Waals surface area contributed by atoms with E-state index in [0.717, 1.165) is 11.3 Å². The van der Waals surface area contributed by atoms with Gasteiger partial charge in [-0.1, -0.05) is 25.1 Å². The Balaban J connectivity index is 1.60. The Labute approximate surface area is 128 Å². The first kappa shape index (κ1) is 13.1. The maximum absolute atomic E-state index is 11.9. The van der Waals surface area contributed by atoms with Crippen molar-refractivity contribution in [2.75, 3.05) is 0 Å². The van der Waals surface area contributed by atoms with Crippen LogP contribution in [0.2, 0.25) is 0 Å². The fourth-order valence-electron chi connectivity index (χ4n) is 2.61. The molecule has 22 heavy (non-hydrogen) atoms. The fraction of sp³-hybridized carbons (Fsp3) is 0.222. The molecule has 1 saturated carbocycles. The molecule has 110 valence electrons. The SMILES string of the molecule is CC1CC1c1ccc(/C=C2\N=C(c3ccccc3)OC2=O)o1. The standard InChI is InChI=1S/C18H15NO3/c1-11-9-14(11)16-8-7-13(21-16)10-15-18(20)22-17(19-15)12-5-3-2-4-6-12/h2-8,10-11,14H,9H2,1H3/b15-10-. The van der Waals surface area contributed by atoms with Crippen LogP contribution < -0.4 is 0 Å². The second-order valence-electron chi connectivity index (χ2n) is 5.76. The fourth-order valence-corrected chi connectivity index (χ4v) is 2.61. The second-order valence-corrected chi connectivity index (χ2v) is 5.76. The summed E-state index contributed by atoms with van der Waals surface area (Å²) < 4.78 is 11.0. The molecule has 0 spiro atoms. The molecule has 1 aliphatic heterocycles. The molecule has 1 aromatic heterocycles. The van der Waals surface area contributed by atoms with Crippen LogP contribution in [0.4, 0.5) is 0 Å². The van der Waals surface area contributed by atoms with E-state index >= 15 is 0 Å². The van der Waals surface area contributed by atoms with Crippen LogP contribution in [-0.2, 0) is 9.53 Å². The van der Waals surface area contributed by atoms with Crippen LogP contribution in [0.3, 0.4) is 0 Å². The largest absolute Gasteiger partial charge is 0.461 e. The van der Waals surface area contributed by atoms with Crippen LogP contribution in [0.15, 0.2) is 57.6 Å². The Kier molecular flexibility index (Phi) is 2.96. The lowest BCUT2D eigenvalue weighted by Gasteiger charge is -1.97. The van der Waals surface area contributed by atoms with Crippen molar-refractivity contribution in [3.8, 4) is 0 Å². The summed E-state index contributed by atoms with van der Waals surface area (Å²) in [4.78, 5) is 16.2. The Morgan fingerprint density at radius 1 is 1.18 bits per heavy atom. The van der Waals surface area contributed by atoms with Gasteiger partial charge in [0.25, 0.3) is 0 Å². The molecule has 2 aliphatic rings. The van der Waals surface area contributed by atoms with E-state index in [0.29, 0.717) is 23.5 Å². The van der Waals surface area contributed by atoms with Gasteiger partial charge in [-0.2, -0.15) is 0 Å². The molecule has 0 saturated heterocycles. The molecule has 1 aliphatic carbocycles. The van der Waals surface area contributed by atoms with Gasteiger partial charge in [-0.25, -0.2) is 9.79 Å². The topological polar surface area (TPSA) is 51.8 Å². The zero-order valence-corrected chi connectivity index (χ0v) is 12.2. The Bertz CT molecular complexity index is 786. The molecular formula is C18H15NO3. The Hall–Kier alpha value is -2.62. The third kappa shape index (κ3) is 2.37. The van der Waals surface area contributed by atoms with E-state index in [-0.39, 0.29) is 5.70 Å². The van der Waals surface area contributed by atoms with Gasteiger partial charge >= 0.3 is 5.97 Å². The zero-order chi connectivity index (χ0) is 15.1. The third-order valence-corrected chi connectivity index (χ3v) is 4.04. The molecular weight excluding hydrogens is 278 g/mol. The minimum Gasteiger partial charge on any atom is -0.461 e. The normalized spacial score (nSPS) is 25.2. The molecule has 2 unspecified atom stereocenters. The molecule has 4 heteroatoms. The van der Waals surface area contributed by atoms with Crippen molar-refractivity contribution in [3.63, 3.8) is 0 Å². The lowest BCUT2D eigenvalue weighted by atomic mass is 10.2. The number of carbonyl (C=O) groups excluding carboxylic acids is 1.